The zero-order chi connectivity index (χ0) is 11.4. The molecule has 0 unspecified atom stereocenters. The molecule has 0 saturated carbocycles. The van der Waals surface area contributed by atoms with E-state index in [0.29, 0.717) is 13.2 Å². The lowest BCUT2D eigenvalue weighted by molar-refractivity contribution is 0.288. The Kier molecular flexibility index (Phi) is 3.95. The molecule has 0 N–H and O–H groups in total. The molecule has 16 heavy (non-hydrogen) atoms. The summed E-state index contributed by atoms with van der Waals surface area (Å²) < 4.78 is 9.25. The largest absolute Gasteiger partial charge is 0.489 e. The van der Waals surface area contributed by atoms with E-state index < -0.39 is 0 Å². The lowest BCUT2D eigenvalue weighted by atomic mass is 10.3. The van der Waals surface area contributed by atoms with Gasteiger partial charge in [0.05, 0.1) is 15.5 Å². The van der Waals surface area contributed by atoms with Crippen LogP contribution in [0.1, 0.15) is 0 Å². The van der Waals surface area contributed by atoms with E-state index in [4.69, 9.17) is 4.74 Å². The first-order chi connectivity index (χ1) is 7.77. The van der Waals surface area contributed by atoms with Gasteiger partial charge in [0, 0.05) is 0 Å². The average molecular weight is 347 g/mol. The smallest absolute Gasteiger partial charge is 0.147 e. The highest BCUT2D eigenvalue weighted by Crippen LogP contribution is 2.32. The van der Waals surface area contributed by atoms with E-state index in [1.165, 1.54) is 6.33 Å². The third-order valence-corrected chi connectivity index (χ3v) is 3.20. The van der Waals surface area contributed by atoms with Gasteiger partial charge in [-0.1, -0.05) is 6.07 Å². The maximum Gasteiger partial charge on any atom is 0.147 e. The Bertz CT molecular complexity index is 439. The minimum absolute atomic E-state index is 0.546. The molecule has 2 rings (SSSR count). The fourth-order valence-electron chi connectivity index (χ4n) is 1.21. The topological polar surface area (TPSA) is 39.9 Å². The summed E-state index contributed by atoms with van der Waals surface area (Å²) in [6.07, 6.45) is 3.17. The summed E-state index contributed by atoms with van der Waals surface area (Å²) >= 11 is 6.87. The van der Waals surface area contributed by atoms with Crippen molar-refractivity contribution in [3.8, 4) is 5.75 Å². The maximum absolute atomic E-state index is 5.66. The van der Waals surface area contributed by atoms with E-state index in [-0.39, 0.29) is 0 Å². The maximum atomic E-state index is 5.66. The van der Waals surface area contributed by atoms with Crippen molar-refractivity contribution >= 4 is 31.9 Å². The van der Waals surface area contributed by atoms with Gasteiger partial charge in [-0.15, -0.1) is 0 Å². The van der Waals surface area contributed by atoms with Gasteiger partial charge in [-0.2, -0.15) is 5.10 Å². The van der Waals surface area contributed by atoms with Gasteiger partial charge in [-0.05, 0) is 44.0 Å². The Hall–Kier alpha value is -0.880. The van der Waals surface area contributed by atoms with Crippen LogP contribution in [0.25, 0.3) is 0 Å². The van der Waals surface area contributed by atoms with Crippen molar-refractivity contribution in [2.24, 2.45) is 0 Å². The van der Waals surface area contributed by atoms with Crippen molar-refractivity contribution in [3.63, 3.8) is 0 Å². The summed E-state index contributed by atoms with van der Waals surface area (Å²) in [4.78, 5) is 3.86. The normalized spacial score (nSPS) is 10.4. The first-order valence-electron chi connectivity index (χ1n) is 4.66. The molecule has 1 heterocycles. The molecule has 0 aliphatic carbocycles. The minimum atomic E-state index is 0.546. The van der Waals surface area contributed by atoms with Gasteiger partial charge in [0.25, 0.3) is 0 Å². The number of benzene rings is 1. The second kappa shape index (κ2) is 5.45. The Morgan fingerprint density at radius 3 is 2.62 bits per heavy atom. The third-order valence-electron chi connectivity index (χ3n) is 1.95. The Labute approximate surface area is 110 Å². The molecule has 4 nitrogen and oxygen atoms in total. The van der Waals surface area contributed by atoms with Crippen LogP contribution in [0.5, 0.6) is 5.75 Å². The van der Waals surface area contributed by atoms with Gasteiger partial charge in [0.15, 0.2) is 0 Å². The summed E-state index contributed by atoms with van der Waals surface area (Å²) in [5, 5.41) is 3.99. The van der Waals surface area contributed by atoms with Crippen molar-refractivity contribution in [1.82, 2.24) is 14.8 Å². The minimum Gasteiger partial charge on any atom is -0.489 e. The van der Waals surface area contributed by atoms with Gasteiger partial charge >= 0.3 is 0 Å². The van der Waals surface area contributed by atoms with Crippen LogP contribution in [-0.4, -0.2) is 21.4 Å². The highest BCUT2D eigenvalue weighted by Gasteiger charge is 2.05. The lowest BCUT2D eigenvalue weighted by Gasteiger charge is -2.09. The molecular weight excluding hydrogens is 338 g/mol. The number of para-hydroxylation sites is 1. The van der Waals surface area contributed by atoms with Crippen molar-refractivity contribution in [2.75, 3.05) is 6.61 Å². The molecule has 0 amide bonds. The van der Waals surface area contributed by atoms with E-state index in [2.05, 4.69) is 41.9 Å². The highest BCUT2D eigenvalue weighted by atomic mass is 79.9. The molecule has 0 bridgehead atoms. The summed E-state index contributed by atoms with van der Waals surface area (Å²) in [5.41, 5.74) is 0. The molecule has 0 atom stereocenters. The zero-order valence-electron chi connectivity index (χ0n) is 8.31. The second-order valence-electron chi connectivity index (χ2n) is 3.06. The summed E-state index contributed by atoms with van der Waals surface area (Å²) in [5.74, 6) is 0.808. The van der Waals surface area contributed by atoms with Gasteiger partial charge in [0.1, 0.15) is 25.0 Å². The lowest BCUT2D eigenvalue weighted by Crippen LogP contribution is -2.08. The molecule has 0 radical (unpaired) electrons. The molecule has 0 saturated heterocycles. The van der Waals surface area contributed by atoms with Crippen LogP contribution in [0.3, 0.4) is 0 Å². The monoisotopic (exact) mass is 345 g/mol. The van der Waals surface area contributed by atoms with Gasteiger partial charge < -0.3 is 4.74 Å². The number of halogens is 2. The molecule has 0 fully saturated rings. The van der Waals surface area contributed by atoms with Crippen LogP contribution in [0, 0.1) is 0 Å². The van der Waals surface area contributed by atoms with Crippen LogP contribution in [0.15, 0.2) is 39.8 Å². The number of rotatable bonds is 4. The molecule has 2 aromatic rings. The third kappa shape index (κ3) is 2.82. The molecule has 1 aromatic carbocycles. The SMILES string of the molecule is Brc1cccc(Br)c1OCCn1cncn1. The van der Waals surface area contributed by atoms with E-state index in [0.717, 1.165) is 14.7 Å². The number of hydrogen-bond acceptors (Lipinski definition) is 3. The quantitative estimate of drug-likeness (QED) is 0.854. The highest BCUT2D eigenvalue weighted by molar-refractivity contribution is 9.11. The Morgan fingerprint density at radius 2 is 2.00 bits per heavy atom. The fourth-order valence-corrected chi connectivity index (χ4v) is 2.44. The van der Waals surface area contributed by atoms with Crippen LogP contribution in [-0.2, 0) is 6.54 Å². The predicted molar refractivity (Wildman–Crippen MR) is 67.4 cm³/mol. The first-order valence-corrected chi connectivity index (χ1v) is 6.25. The number of nitrogens with zero attached hydrogens (tertiary/aromatic N) is 3. The first kappa shape index (κ1) is 11.6. The molecule has 0 aliphatic heterocycles. The van der Waals surface area contributed by atoms with Gasteiger partial charge in [-0.3, -0.25) is 0 Å². The fraction of sp³-hybridized carbons (Fsp3) is 0.200. The van der Waals surface area contributed by atoms with Crippen LogP contribution in [0.2, 0.25) is 0 Å². The Morgan fingerprint density at radius 1 is 1.25 bits per heavy atom. The van der Waals surface area contributed by atoms with Crippen molar-refractivity contribution in [2.45, 2.75) is 6.54 Å². The average Bonchev–Trinajstić information content (AvgIpc) is 2.75. The summed E-state index contributed by atoms with van der Waals surface area (Å²) in [6.45, 7) is 1.22. The second-order valence-corrected chi connectivity index (χ2v) is 4.77. The number of aromatic nitrogens is 3. The van der Waals surface area contributed by atoms with Crippen molar-refractivity contribution in [1.29, 1.82) is 0 Å². The van der Waals surface area contributed by atoms with E-state index in [9.17, 15) is 0 Å². The zero-order valence-corrected chi connectivity index (χ0v) is 11.5. The molecule has 0 aliphatic rings. The molecule has 1 aromatic heterocycles. The predicted octanol–water partition coefficient (Wildman–Crippen LogP) is 2.88. The van der Waals surface area contributed by atoms with Crippen LogP contribution < -0.4 is 4.74 Å². The number of ether oxygens (including phenoxy) is 1. The van der Waals surface area contributed by atoms with Crippen LogP contribution >= 0.6 is 31.9 Å². The molecule has 84 valence electrons. The van der Waals surface area contributed by atoms with Gasteiger partial charge in [0.2, 0.25) is 0 Å². The molecule has 0 spiro atoms. The van der Waals surface area contributed by atoms with Crippen molar-refractivity contribution in [3.05, 3.63) is 39.8 Å². The van der Waals surface area contributed by atoms with E-state index >= 15 is 0 Å². The standard InChI is InChI=1S/C10H9Br2N3O/c11-8-2-1-3-9(12)10(8)16-5-4-15-7-13-6-14-15/h1-3,6-7H,4-5H2. The summed E-state index contributed by atoms with van der Waals surface area (Å²) in [6, 6.07) is 5.82. The van der Waals surface area contributed by atoms with Gasteiger partial charge in [-0.25, -0.2) is 9.67 Å². The molecular formula is C10H9Br2N3O. The summed E-state index contributed by atoms with van der Waals surface area (Å²) in [7, 11) is 0. The number of hydrogen-bond donors (Lipinski definition) is 0. The Balaban J connectivity index is 1.95. The van der Waals surface area contributed by atoms with Crippen LogP contribution in [0.4, 0.5) is 0 Å². The molecule has 6 heteroatoms. The van der Waals surface area contributed by atoms with E-state index in [1.54, 1.807) is 11.0 Å². The van der Waals surface area contributed by atoms with E-state index in [1.807, 2.05) is 18.2 Å². The van der Waals surface area contributed by atoms with Crippen molar-refractivity contribution < 1.29 is 4.74 Å².